The average molecular weight is 304 g/mol. The van der Waals surface area contributed by atoms with Crippen LogP contribution in [0.2, 0.25) is 5.15 Å². The van der Waals surface area contributed by atoms with Crippen LogP contribution in [0.25, 0.3) is 0 Å². The first-order chi connectivity index (χ1) is 9.93. The van der Waals surface area contributed by atoms with E-state index in [1.165, 1.54) is 0 Å². The molecule has 2 heterocycles. The number of nitrogens with one attached hydrogen (secondary N) is 1. The van der Waals surface area contributed by atoms with Crippen LogP contribution in [0.1, 0.15) is 37.7 Å². The van der Waals surface area contributed by atoms with Crippen molar-refractivity contribution in [3.05, 3.63) is 46.9 Å². The first-order valence-corrected chi connectivity index (χ1v) is 7.36. The summed E-state index contributed by atoms with van der Waals surface area (Å²) < 4.78 is 6.04. The van der Waals surface area contributed by atoms with Gasteiger partial charge < -0.3 is 10.1 Å². The molecule has 0 saturated carbocycles. The van der Waals surface area contributed by atoms with Crippen molar-refractivity contribution in [1.82, 2.24) is 9.97 Å². The van der Waals surface area contributed by atoms with Gasteiger partial charge in [-0.1, -0.05) is 29.8 Å². The predicted molar refractivity (Wildman–Crippen MR) is 83.9 cm³/mol. The minimum Gasteiger partial charge on any atom is -0.487 e. The summed E-state index contributed by atoms with van der Waals surface area (Å²) in [4.78, 5) is 8.49. The number of para-hydroxylation sites is 1. The van der Waals surface area contributed by atoms with Crippen molar-refractivity contribution in [2.75, 3.05) is 5.32 Å². The maximum absolute atomic E-state index is 6.04. The van der Waals surface area contributed by atoms with E-state index in [1.807, 2.05) is 25.1 Å². The standard InChI is InChI=1S/C16H18ClN3O/c1-10-18-14(17)8-15(19-10)20-12-9-16(2,3)21-13-7-5-4-6-11(12)13/h4-8,12H,9H2,1-3H3,(H,18,19,20). The third kappa shape index (κ3) is 3.10. The summed E-state index contributed by atoms with van der Waals surface area (Å²) in [6.07, 6.45) is 0.852. The number of aryl methyl sites for hydroxylation is 1. The minimum absolute atomic E-state index is 0.135. The molecule has 1 aliphatic rings. The minimum atomic E-state index is -0.224. The molecular weight excluding hydrogens is 286 g/mol. The van der Waals surface area contributed by atoms with E-state index >= 15 is 0 Å². The van der Waals surface area contributed by atoms with E-state index < -0.39 is 0 Å². The van der Waals surface area contributed by atoms with Gasteiger partial charge in [0.05, 0.1) is 6.04 Å². The molecule has 0 aliphatic carbocycles. The Balaban J connectivity index is 1.94. The van der Waals surface area contributed by atoms with Gasteiger partial charge in [-0.15, -0.1) is 0 Å². The molecule has 5 heteroatoms. The van der Waals surface area contributed by atoms with Gasteiger partial charge in [-0.05, 0) is 26.8 Å². The zero-order chi connectivity index (χ0) is 15.0. The zero-order valence-corrected chi connectivity index (χ0v) is 13.1. The van der Waals surface area contributed by atoms with Gasteiger partial charge in [0.15, 0.2) is 0 Å². The molecule has 0 fully saturated rings. The molecule has 0 radical (unpaired) electrons. The topological polar surface area (TPSA) is 47.0 Å². The van der Waals surface area contributed by atoms with Gasteiger partial charge in [0.25, 0.3) is 0 Å². The van der Waals surface area contributed by atoms with E-state index in [-0.39, 0.29) is 11.6 Å². The van der Waals surface area contributed by atoms with E-state index in [0.717, 1.165) is 23.6 Å². The fourth-order valence-electron chi connectivity index (χ4n) is 2.71. The van der Waals surface area contributed by atoms with Crippen molar-refractivity contribution >= 4 is 17.4 Å². The number of rotatable bonds is 2. The number of fused-ring (bicyclic) bond motifs is 1. The fraction of sp³-hybridized carbons (Fsp3) is 0.375. The predicted octanol–water partition coefficient (Wildman–Crippen LogP) is 4.15. The van der Waals surface area contributed by atoms with E-state index in [2.05, 4.69) is 35.2 Å². The van der Waals surface area contributed by atoms with Crippen molar-refractivity contribution in [2.24, 2.45) is 0 Å². The van der Waals surface area contributed by atoms with E-state index in [9.17, 15) is 0 Å². The van der Waals surface area contributed by atoms with Crippen molar-refractivity contribution in [3.8, 4) is 5.75 Å². The van der Waals surface area contributed by atoms with Gasteiger partial charge >= 0.3 is 0 Å². The Labute approximate surface area is 129 Å². The maximum Gasteiger partial charge on any atom is 0.134 e. The Morgan fingerprint density at radius 1 is 1.29 bits per heavy atom. The largest absolute Gasteiger partial charge is 0.487 e. The normalized spacial score (nSPS) is 19.5. The molecule has 1 atom stereocenters. The lowest BCUT2D eigenvalue weighted by atomic mass is 9.90. The monoisotopic (exact) mass is 303 g/mol. The zero-order valence-electron chi connectivity index (χ0n) is 12.4. The van der Waals surface area contributed by atoms with E-state index in [4.69, 9.17) is 16.3 Å². The molecule has 110 valence electrons. The molecule has 21 heavy (non-hydrogen) atoms. The summed E-state index contributed by atoms with van der Waals surface area (Å²) in [5.41, 5.74) is 0.918. The Kier molecular flexibility index (Phi) is 3.49. The lowest BCUT2D eigenvalue weighted by Crippen LogP contribution is -2.37. The number of aromatic nitrogens is 2. The summed E-state index contributed by atoms with van der Waals surface area (Å²) in [5.74, 6) is 2.32. The van der Waals surface area contributed by atoms with Crippen LogP contribution in [-0.2, 0) is 0 Å². The molecule has 1 aromatic carbocycles. The van der Waals surface area contributed by atoms with Crippen LogP contribution in [-0.4, -0.2) is 15.6 Å². The molecule has 1 unspecified atom stereocenters. The Hall–Kier alpha value is -1.81. The van der Waals surface area contributed by atoms with Gasteiger partial charge in [-0.2, -0.15) is 0 Å². The molecule has 0 amide bonds. The highest BCUT2D eigenvalue weighted by atomic mass is 35.5. The van der Waals surface area contributed by atoms with E-state index in [1.54, 1.807) is 6.07 Å². The van der Waals surface area contributed by atoms with Crippen LogP contribution in [0.15, 0.2) is 30.3 Å². The van der Waals surface area contributed by atoms with Crippen LogP contribution in [0.4, 0.5) is 5.82 Å². The number of nitrogens with zero attached hydrogens (tertiary/aromatic N) is 2. The molecule has 0 bridgehead atoms. The first-order valence-electron chi connectivity index (χ1n) is 6.99. The maximum atomic E-state index is 6.04. The summed E-state index contributed by atoms with van der Waals surface area (Å²) in [6, 6.07) is 9.98. The molecule has 1 aromatic heterocycles. The molecule has 1 aliphatic heterocycles. The van der Waals surface area contributed by atoms with Crippen molar-refractivity contribution in [3.63, 3.8) is 0 Å². The van der Waals surface area contributed by atoms with Gasteiger partial charge in [-0.25, -0.2) is 9.97 Å². The van der Waals surface area contributed by atoms with Crippen molar-refractivity contribution < 1.29 is 4.74 Å². The lowest BCUT2D eigenvalue weighted by molar-refractivity contribution is 0.0758. The number of ether oxygens (including phenoxy) is 1. The second kappa shape index (κ2) is 5.19. The molecular formula is C16H18ClN3O. The number of hydrogen-bond acceptors (Lipinski definition) is 4. The van der Waals surface area contributed by atoms with Crippen LogP contribution in [0, 0.1) is 6.92 Å². The number of benzene rings is 1. The van der Waals surface area contributed by atoms with Crippen LogP contribution < -0.4 is 10.1 Å². The van der Waals surface area contributed by atoms with E-state index in [0.29, 0.717) is 11.0 Å². The molecule has 4 nitrogen and oxygen atoms in total. The van der Waals surface area contributed by atoms with Crippen molar-refractivity contribution in [1.29, 1.82) is 0 Å². The molecule has 2 aromatic rings. The lowest BCUT2D eigenvalue weighted by Gasteiger charge is -2.38. The van der Waals surface area contributed by atoms with Gasteiger partial charge in [-0.3, -0.25) is 0 Å². The highest BCUT2D eigenvalue weighted by Crippen LogP contribution is 2.40. The SMILES string of the molecule is Cc1nc(Cl)cc(NC2CC(C)(C)Oc3ccccc32)n1. The second-order valence-corrected chi connectivity index (χ2v) is 6.31. The van der Waals surface area contributed by atoms with Gasteiger partial charge in [0, 0.05) is 18.1 Å². The summed E-state index contributed by atoms with van der Waals surface area (Å²) in [7, 11) is 0. The smallest absolute Gasteiger partial charge is 0.134 e. The summed E-state index contributed by atoms with van der Waals surface area (Å²) in [5, 5.41) is 3.91. The van der Waals surface area contributed by atoms with Gasteiger partial charge in [0.2, 0.25) is 0 Å². The van der Waals surface area contributed by atoms with Crippen LogP contribution in [0.5, 0.6) is 5.75 Å². The third-order valence-electron chi connectivity index (χ3n) is 3.51. The molecule has 1 N–H and O–H groups in total. The third-order valence-corrected chi connectivity index (χ3v) is 3.70. The van der Waals surface area contributed by atoms with Crippen molar-refractivity contribution in [2.45, 2.75) is 38.8 Å². The van der Waals surface area contributed by atoms with Crippen LogP contribution in [0.3, 0.4) is 0 Å². The number of hydrogen-bond donors (Lipinski definition) is 1. The first kappa shape index (κ1) is 14.1. The number of anilines is 1. The number of halogens is 1. The Bertz CT molecular complexity index is 652. The fourth-order valence-corrected chi connectivity index (χ4v) is 2.94. The summed E-state index contributed by atoms with van der Waals surface area (Å²) in [6.45, 7) is 6.02. The second-order valence-electron chi connectivity index (χ2n) is 5.92. The highest BCUT2D eigenvalue weighted by molar-refractivity contribution is 6.29. The van der Waals surface area contributed by atoms with Crippen LogP contribution >= 0.6 is 11.6 Å². The quantitative estimate of drug-likeness (QED) is 0.847. The molecule has 0 saturated heterocycles. The van der Waals surface area contributed by atoms with Gasteiger partial charge in [0.1, 0.15) is 28.1 Å². The highest BCUT2D eigenvalue weighted by Gasteiger charge is 2.33. The Morgan fingerprint density at radius 2 is 2.05 bits per heavy atom. The molecule has 0 spiro atoms. The summed E-state index contributed by atoms with van der Waals surface area (Å²) >= 11 is 6.01. The average Bonchev–Trinajstić information content (AvgIpc) is 2.36. The molecule has 3 rings (SSSR count). The Morgan fingerprint density at radius 3 is 2.81 bits per heavy atom.